The normalized spacial score (nSPS) is 12.9. The number of hydrogen-bond acceptors (Lipinski definition) is 5. The molecule has 0 bridgehead atoms. The van der Waals surface area contributed by atoms with Crippen molar-refractivity contribution in [1.82, 2.24) is 5.32 Å². The number of aliphatic hydroxyl groups is 2. The lowest BCUT2D eigenvalue weighted by Gasteiger charge is -2.20. The molecule has 2 atom stereocenters. The van der Waals surface area contributed by atoms with Crippen molar-refractivity contribution < 1.29 is 24.5 Å². The summed E-state index contributed by atoms with van der Waals surface area (Å²) >= 11 is 0. The lowest BCUT2D eigenvalue weighted by Crippen LogP contribution is -2.45. The van der Waals surface area contributed by atoms with Crippen molar-refractivity contribution in [2.45, 2.75) is 321 Å². The zero-order valence-corrected chi connectivity index (χ0v) is 45.3. The summed E-state index contributed by atoms with van der Waals surface area (Å²) in [6.07, 6.45) is 72.8. The fourth-order valence-electron chi connectivity index (χ4n) is 8.97. The highest BCUT2D eigenvalue weighted by Crippen LogP contribution is 2.16. The molecule has 0 aromatic carbocycles. The molecule has 0 aromatic rings. The number of esters is 1. The van der Waals surface area contributed by atoms with Crippen molar-refractivity contribution >= 4 is 11.9 Å². The van der Waals surface area contributed by atoms with Gasteiger partial charge in [0, 0.05) is 12.8 Å². The first kappa shape index (κ1) is 65.8. The molecular weight excluding hydrogens is 839 g/mol. The lowest BCUT2D eigenvalue weighted by atomic mass is 10.0. The van der Waals surface area contributed by atoms with Gasteiger partial charge >= 0.3 is 5.97 Å². The van der Waals surface area contributed by atoms with E-state index in [-0.39, 0.29) is 18.5 Å². The summed E-state index contributed by atoms with van der Waals surface area (Å²) in [5, 5.41) is 23.1. The Balaban J connectivity index is 3.50. The van der Waals surface area contributed by atoms with E-state index in [4.69, 9.17) is 4.74 Å². The number of rotatable bonds is 55. The van der Waals surface area contributed by atoms with E-state index < -0.39 is 12.1 Å². The van der Waals surface area contributed by atoms with Gasteiger partial charge in [0.1, 0.15) is 0 Å². The fourth-order valence-corrected chi connectivity index (χ4v) is 8.97. The SMILES string of the molecule is CCCCCCCC/C=C\CCCCCCCCCC(=O)OCCCCC/C=C\C=C/CCCCCCCCCCCCC(=O)NC(CO)C(O)/C=C/CCCCCCCCCCCCCCC. The molecule has 2 unspecified atom stereocenters. The van der Waals surface area contributed by atoms with E-state index >= 15 is 0 Å². The number of nitrogens with one attached hydrogen (secondary N) is 1. The van der Waals surface area contributed by atoms with Crippen LogP contribution in [0.1, 0.15) is 309 Å². The Bertz CT molecular complexity index is 1150. The van der Waals surface area contributed by atoms with Crippen LogP contribution in [0.15, 0.2) is 48.6 Å². The van der Waals surface area contributed by atoms with E-state index in [2.05, 4.69) is 55.6 Å². The zero-order valence-electron chi connectivity index (χ0n) is 45.3. The van der Waals surface area contributed by atoms with Crippen LogP contribution in [0.5, 0.6) is 0 Å². The van der Waals surface area contributed by atoms with Crippen molar-refractivity contribution in [3.63, 3.8) is 0 Å². The first-order valence-corrected chi connectivity index (χ1v) is 29.9. The molecular formula is C62H115NO5. The Morgan fingerprint density at radius 2 is 0.735 bits per heavy atom. The second-order valence-electron chi connectivity index (χ2n) is 20.3. The van der Waals surface area contributed by atoms with Gasteiger partial charge < -0.3 is 20.3 Å². The third-order valence-electron chi connectivity index (χ3n) is 13.6. The number of hydrogen-bond donors (Lipinski definition) is 3. The molecule has 0 radical (unpaired) electrons. The summed E-state index contributed by atoms with van der Waals surface area (Å²) in [6, 6.07) is -0.636. The number of aliphatic hydroxyl groups excluding tert-OH is 2. The predicted octanol–water partition coefficient (Wildman–Crippen LogP) is 18.6. The quantitative estimate of drug-likeness (QED) is 0.0244. The number of amides is 1. The van der Waals surface area contributed by atoms with Crippen LogP contribution in [-0.2, 0) is 14.3 Å². The van der Waals surface area contributed by atoms with Crippen molar-refractivity contribution in [1.29, 1.82) is 0 Å². The van der Waals surface area contributed by atoms with E-state index in [1.807, 2.05) is 6.08 Å². The smallest absolute Gasteiger partial charge is 0.305 e. The van der Waals surface area contributed by atoms with Crippen LogP contribution in [0.2, 0.25) is 0 Å². The van der Waals surface area contributed by atoms with Gasteiger partial charge in [-0.3, -0.25) is 9.59 Å². The van der Waals surface area contributed by atoms with Gasteiger partial charge in [-0.15, -0.1) is 0 Å². The summed E-state index contributed by atoms with van der Waals surface area (Å²) in [5.41, 5.74) is 0. The van der Waals surface area contributed by atoms with Crippen molar-refractivity contribution in [3.8, 4) is 0 Å². The van der Waals surface area contributed by atoms with E-state index in [1.165, 1.54) is 205 Å². The predicted molar refractivity (Wildman–Crippen MR) is 296 cm³/mol. The maximum atomic E-state index is 12.5. The van der Waals surface area contributed by atoms with Crippen LogP contribution < -0.4 is 5.32 Å². The lowest BCUT2D eigenvalue weighted by molar-refractivity contribution is -0.143. The molecule has 0 fully saturated rings. The van der Waals surface area contributed by atoms with E-state index in [1.54, 1.807) is 6.08 Å². The Kier molecular flexibility index (Phi) is 55.6. The molecule has 0 aliphatic rings. The van der Waals surface area contributed by atoms with Crippen LogP contribution in [0.3, 0.4) is 0 Å². The highest BCUT2D eigenvalue weighted by atomic mass is 16.5. The fraction of sp³-hybridized carbons (Fsp3) is 0.839. The van der Waals surface area contributed by atoms with Crippen LogP contribution in [0.25, 0.3) is 0 Å². The summed E-state index contributed by atoms with van der Waals surface area (Å²) < 4.78 is 5.46. The van der Waals surface area contributed by atoms with Gasteiger partial charge in [0.2, 0.25) is 5.91 Å². The molecule has 0 aliphatic carbocycles. The van der Waals surface area contributed by atoms with Crippen LogP contribution in [0, 0.1) is 0 Å². The van der Waals surface area contributed by atoms with Crippen LogP contribution in [-0.4, -0.2) is 47.4 Å². The average Bonchev–Trinajstić information content (AvgIpc) is 3.34. The molecule has 3 N–H and O–H groups in total. The monoisotopic (exact) mass is 954 g/mol. The Hall–Kier alpha value is -2.18. The van der Waals surface area contributed by atoms with E-state index in [0.29, 0.717) is 19.4 Å². The Morgan fingerprint density at radius 1 is 0.412 bits per heavy atom. The van der Waals surface area contributed by atoms with Gasteiger partial charge in [0.15, 0.2) is 0 Å². The number of carbonyl (C=O) groups excluding carboxylic acids is 2. The minimum atomic E-state index is -0.852. The second-order valence-corrected chi connectivity index (χ2v) is 20.3. The minimum absolute atomic E-state index is 0.0178. The summed E-state index contributed by atoms with van der Waals surface area (Å²) in [6.45, 7) is 4.86. The maximum Gasteiger partial charge on any atom is 0.305 e. The van der Waals surface area contributed by atoms with Gasteiger partial charge in [0.25, 0.3) is 0 Å². The molecule has 6 heteroatoms. The molecule has 68 heavy (non-hydrogen) atoms. The Labute approximate surface area is 423 Å². The van der Waals surface area contributed by atoms with Gasteiger partial charge in [-0.1, -0.05) is 255 Å². The molecule has 398 valence electrons. The van der Waals surface area contributed by atoms with Gasteiger partial charge in [-0.2, -0.15) is 0 Å². The van der Waals surface area contributed by atoms with Gasteiger partial charge in [0.05, 0.1) is 25.4 Å². The minimum Gasteiger partial charge on any atom is -0.466 e. The van der Waals surface area contributed by atoms with E-state index in [9.17, 15) is 19.8 Å². The van der Waals surface area contributed by atoms with Crippen molar-refractivity contribution in [2.75, 3.05) is 13.2 Å². The highest BCUT2D eigenvalue weighted by Gasteiger charge is 2.18. The van der Waals surface area contributed by atoms with Crippen molar-refractivity contribution in [3.05, 3.63) is 48.6 Å². The first-order valence-electron chi connectivity index (χ1n) is 29.9. The molecule has 0 aromatic heterocycles. The maximum absolute atomic E-state index is 12.5. The molecule has 0 saturated heterocycles. The third-order valence-corrected chi connectivity index (χ3v) is 13.6. The zero-order chi connectivity index (χ0) is 49.3. The number of carbonyl (C=O) groups is 2. The number of ether oxygens (including phenoxy) is 1. The summed E-state index contributed by atoms with van der Waals surface area (Å²) in [4.78, 5) is 24.5. The molecule has 0 spiro atoms. The molecule has 6 nitrogen and oxygen atoms in total. The molecule has 0 saturated carbocycles. The van der Waals surface area contributed by atoms with Crippen molar-refractivity contribution in [2.24, 2.45) is 0 Å². The molecule has 1 amide bonds. The van der Waals surface area contributed by atoms with E-state index in [0.717, 1.165) is 77.0 Å². The number of allylic oxidation sites excluding steroid dienone is 7. The summed E-state index contributed by atoms with van der Waals surface area (Å²) in [5.74, 6) is -0.0956. The number of unbranched alkanes of at least 4 members (excludes halogenated alkanes) is 39. The summed E-state index contributed by atoms with van der Waals surface area (Å²) in [7, 11) is 0. The molecule has 0 aliphatic heterocycles. The van der Waals surface area contributed by atoms with Crippen LogP contribution >= 0.6 is 0 Å². The Morgan fingerprint density at radius 3 is 1.13 bits per heavy atom. The molecule has 0 heterocycles. The van der Waals surface area contributed by atoms with Crippen LogP contribution in [0.4, 0.5) is 0 Å². The van der Waals surface area contributed by atoms with Gasteiger partial charge in [-0.25, -0.2) is 0 Å². The third kappa shape index (κ3) is 53.2. The largest absolute Gasteiger partial charge is 0.466 e. The van der Waals surface area contributed by atoms with Gasteiger partial charge in [-0.05, 0) is 89.9 Å². The standard InChI is InChI=1S/C62H115NO5/c1-3-5-7-9-11-13-15-17-19-23-28-32-36-40-44-48-52-56-62(67)68-57-53-49-45-41-37-33-29-25-22-20-21-24-27-31-35-39-43-47-51-55-61(66)63-59(58-64)60(65)54-50-46-42-38-34-30-26-18-16-14-12-10-8-6-4-2/h17,19,25,29,33,37,50,54,59-60,64-65H,3-16,18,20-24,26-28,30-32,34-36,38-49,51-53,55-58H2,1-2H3,(H,63,66)/b19-17-,29-25-,37-33-,54-50+. The second kappa shape index (κ2) is 57.4. The average molecular weight is 955 g/mol. The topological polar surface area (TPSA) is 95.9 Å². The first-order chi connectivity index (χ1) is 33.5. The molecule has 0 rings (SSSR count). The highest BCUT2D eigenvalue weighted by molar-refractivity contribution is 5.76.